The first-order valence-electron chi connectivity index (χ1n) is 14.2. The highest BCUT2D eigenvalue weighted by Crippen LogP contribution is 2.43. The number of rotatable bonds is 13. The summed E-state index contributed by atoms with van der Waals surface area (Å²) in [5, 5.41) is 22.6. The normalized spacial score (nSPS) is 14.6. The molecule has 0 amide bonds. The van der Waals surface area contributed by atoms with E-state index in [9.17, 15) is 10.2 Å². The summed E-state index contributed by atoms with van der Waals surface area (Å²) in [6.45, 7) is 17.1. The van der Waals surface area contributed by atoms with Crippen LogP contribution in [-0.4, -0.2) is 10.2 Å². The highest BCUT2D eigenvalue weighted by Gasteiger charge is 2.29. The molecule has 6 N–H and O–H groups in total. The first kappa shape index (κ1) is 30.2. The van der Waals surface area contributed by atoms with Gasteiger partial charge in [-0.2, -0.15) is 0 Å². The van der Waals surface area contributed by atoms with Gasteiger partial charge in [0.2, 0.25) is 0 Å². The monoisotopic (exact) mass is 496 g/mol. The minimum atomic E-state index is -0.582. The zero-order valence-corrected chi connectivity index (χ0v) is 24.1. The van der Waals surface area contributed by atoms with Gasteiger partial charge < -0.3 is 21.7 Å². The van der Waals surface area contributed by atoms with Crippen molar-refractivity contribution in [1.82, 2.24) is 0 Å². The Labute approximate surface area is 220 Å². The Morgan fingerprint density at radius 1 is 0.556 bits per heavy atom. The smallest absolute Gasteiger partial charge is 0.0838 e. The Kier molecular flexibility index (Phi) is 11.3. The Morgan fingerprint density at radius 3 is 1.14 bits per heavy atom. The summed E-state index contributed by atoms with van der Waals surface area (Å²) in [5.74, 6) is 0.884. The second-order valence-electron chi connectivity index (χ2n) is 10.8. The van der Waals surface area contributed by atoms with Gasteiger partial charge in [-0.3, -0.25) is 0 Å². The first-order valence-corrected chi connectivity index (χ1v) is 14.2. The molecule has 2 aromatic rings. The SMILES string of the molecule is CCC(CC)C(O)c1cc(C(c2cc(C)c(N)c(C(O)C(CC)CC)c2)C(CC)CC)cc(C)c1N. The molecule has 0 aromatic heterocycles. The van der Waals surface area contributed by atoms with Crippen LogP contribution in [0, 0.1) is 31.6 Å². The van der Waals surface area contributed by atoms with E-state index in [-0.39, 0.29) is 17.8 Å². The lowest BCUT2D eigenvalue weighted by Crippen LogP contribution is -2.19. The summed E-state index contributed by atoms with van der Waals surface area (Å²) >= 11 is 0. The molecule has 2 unspecified atom stereocenters. The quantitative estimate of drug-likeness (QED) is 0.212. The highest BCUT2D eigenvalue weighted by atomic mass is 16.3. The van der Waals surface area contributed by atoms with Crippen molar-refractivity contribution in [2.75, 3.05) is 11.5 Å². The Balaban J connectivity index is 2.77. The number of hydrogen-bond donors (Lipinski definition) is 4. The lowest BCUT2D eigenvalue weighted by atomic mass is 9.75. The standard InChI is InChI=1S/C32H52N2O2/c1-9-21(10-2)28(24-15-19(7)29(33)26(17-24)31(35)22(11-3)12-4)25-16-20(8)30(34)27(18-25)32(36)23(13-5)14-6/h15-18,21-23,28,31-32,35-36H,9-14,33-34H2,1-8H3. The fourth-order valence-electron chi connectivity index (χ4n) is 6.03. The molecule has 202 valence electrons. The molecule has 36 heavy (non-hydrogen) atoms. The molecule has 0 aliphatic heterocycles. The summed E-state index contributed by atoms with van der Waals surface area (Å²) in [7, 11) is 0. The first-order chi connectivity index (χ1) is 17.1. The van der Waals surface area contributed by atoms with Crippen molar-refractivity contribution < 1.29 is 10.2 Å². The average Bonchev–Trinajstić information content (AvgIpc) is 2.87. The van der Waals surface area contributed by atoms with Crippen LogP contribution in [0.1, 0.15) is 132 Å². The Hall–Kier alpha value is -2.04. The third kappa shape index (κ3) is 6.26. The Morgan fingerprint density at radius 2 is 0.861 bits per heavy atom. The molecule has 0 fully saturated rings. The maximum absolute atomic E-state index is 11.3. The third-order valence-corrected chi connectivity index (χ3v) is 8.75. The molecule has 0 aliphatic rings. The summed E-state index contributed by atoms with van der Waals surface area (Å²) < 4.78 is 0. The van der Waals surface area contributed by atoms with E-state index in [1.165, 1.54) is 11.1 Å². The lowest BCUT2D eigenvalue weighted by Gasteiger charge is -2.31. The van der Waals surface area contributed by atoms with Gasteiger partial charge in [0, 0.05) is 28.4 Å². The summed E-state index contributed by atoms with van der Waals surface area (Å²) in [6, 6.07) is 8.70. The number of nitrogen functional groups attached to an aromatic ring is 2. The van der Waals surface area contributed by atoms with Crippen molar-refractivity contribution in [3.8, 4) is 0 Å². The van der Waals surface area contributed by atoms with Gasteiger partial charge in [-0.1, -0.05) is 104 Å². The van der Waals surface area contributed by atoms with Gasteiger partial charge in [0.25, 0.3) is 0 Å². The van der Waals surface area contributed by atoms with Crippen LogP contribution in [0.2, 0.25) is 0 Å². The van der Waals surface area contributed by atoms with Crippen LogP contribution < -0.4 is 11.5 Å². The van der Waals surface area contributed by atoms with Gasteiger partial charge >= 0.3 is 0 Å². The number of anilines is 2. The van der Waals surface area contributed by atoms with Crippen LogP contribution >= 0.6 is 0 Å². The van der Waals surface area contributed by atoms with E-state index in [1.807, 2.05) is 13.8 Å². The van der Waals surface area contributed by atoms with Gasteiger partial charge in [-0.05, 0) is 53.9 Å². The van der Waals surface area contributed by atoms with Crippen molar-refractivity contribution in [3.63, 3.8) is 0 Å². The van der Waals surface area contributed by atoms with Gasteiger partial charge in [0.05, 0.1) is 12.2 Å². The summed E-state index contributed by atoms with van der Waals surface area (Å²) in [4.78, 5) is 0. The molecular weight excluding hydrogens is 444 g/mol. The van der Waals surface area contributed by atoms with Crippen molar-refractivity contribution in [1.29, 1.82) is 0 Å². The summed E-state index contributed by atoms with van der Waals surface area (Å²) in [6.07, 6.45) is 4.53. The number of hydrogen-bond acceptors (Lipinski definition) is 4. The molecule has 2 rings (SSSR count). The molecule has 4 heteroatoms. The number of nitrogens with two attached hydrogens (primary N) is 2. The van der Waals surface area contributed by atoms with Gasteiger partial charge in [-0.15, -0.1) is 0 Å². The number of aryl methyl sites for hydroxylation is 2. The summed E-state index contributed by atoms with van der Waals surface area (Å²) in [5.41, 5.74) is 20.5. The maximum Gasteiger partial charge on any atom is 0.0838 e. The van der Waals surface area contributed by atoms with Crippen molar-refractivity contribution in [2.45, 2.75) is 112 Å². The molecule has 0 heterocycles. The molecule has 0 aliphatic carbocycles. The molecule has 2 atom stereocenters. The molecule has 0 radical (unpaired) electrons. The molecule has 0 spiro atoms. The fraction of sp³-hybridized carbons (Fsp3) is 0.625. The van der Waals surface area contributed by atoms with Crippen molar-refractivity contribution in [2.24, 2.45) is 17.8 Å². The number of aliphatic hydroxyl groups excluding tert-OH is 2. The van der Waals surface area contributed by atoms with Crippen molar-refractivity contribution >= 4 is 11.4 Å². The van der Waals surface area contributed by atoms with Crippen LogP contribution in [0.5, 0.6) is 0 Å². The topological polar surface area (TPSA) is 92.5 Å². The van der Waals surface area contributed by atoms with Crippen LogP contribution in [0.25, 0.3) is 0 Å². The predicted molar refractivity (Wildman–Crippen MR) is 155 cm³/mol. The number of aliphatic hydroxyl groups is 2. The van der Waals surface area contributed by atoms with E-state index in [1.54, 1.807) is 0 Å². The van der Waals surface area contributed by atoms with Gasteiger partial charge in [0.15, 0.2) is 0 Å². The van der Waals surface area contributed by atoms with Gasteiger partial charge in [-0.25, -0.2) is 0 Å². The maximum atomic E-state index is 11.3. The Bertz CT molecular complexity index is 901. The zero-order valence-electron chi connectivity index (χ0n) is 24.1. The largest absolute Gasteiger partial charge is 0.398 e. The minimum Gasteiger partial charge on any atom is -0.398 e. The molecular formula is C32H52N2O2. The molecule has 0 bridgehead atoms. The molecule has 0 saturated carbocycles. The second-order valence-corrected chi connectivity index (χ2v) is 10.8. The minimum absolute atomic E-state index is 0.124. The van der Waals surface area contributed by atoms with Crippen molar-refractivity contribution in [3.05, 3.63) is 57.6 Å². The van der Waals surface area contributed by atoms with E-state index in [2.05, 4.69) is 65.8 Å². The highest BCUT2D eigenvalue weighted by molar-refractivity contribution is 5.60. The van der Waals surface area contributed by atoms with Gasteiger partial charge in [0.1, 0.15) is 0 Å². The van der Waals surface area contributed by atoms with E-state index in [4.69, 9.17) is 11.5 Å². The van der Waals surface area contributed by atoms with Crippen LogP contribution in [-0.2, 0) is 0 Å². The fourth-order valence-corrected chi connectivity index (χ4v) is 6.03. The van der Waals surface area contributed by atoms with Crippen LogP contribution in [0.3, 0.4) is 0 Å². The average molecular weight is 497 g/mol. The number of benzene rings is 2. The van der Waals surface area contributed by atoms with E-state index in [0.717, 1.165) is 60.8 Å². The van der Waals surface area contributed by atoms with E-state index >= 15 is 0 Å². The zero-order chi connectivity index (χ0) is 27.2. The predicted octanol–water partition coefficient (Wildman–Crippen LogP) is 7.98. The lowest BCUT2D eigenvalue weighted by molar-refractivity contribution is 0.104. The van der Waals surface area contributed by atoms with E-state index < -0.39 is 12.2 Å². The van der Waals surface area contributed by atoms with Crippen LogP contribution in [0.4, 0.5) is 11.4 Å². The molecule has 2 aromatic carbocycles. The third-order valence-electron chi connectivity index (χ3n) is 8.75. The molecule has 4 nitrogen and oxygen atoms in total. The van der Waals surface area contributed by atoms with E-state index in [0.29, 0.717) is 17.3 Å². The molecule has 0 saturated heterocycles. The van der Waals surface area contributed by atoms with Crippen LogP contribution in [0.15, 0.2) is 24.3 Å². The second kappa shape index (κ2) is 13.5.